The van der Waals surface area contributed by atoms with Crippen molar-refractivity contribution in [2.75, 3.05) is 5.32 Å². The highest BCUT2D eigenvalue weighted by molar-refractivity contribution is 5.59. The predicted molar refractivity (Wildman–Crippen MR) is 82.7 cm³/mol. The Balaban J connectivity index is 1.96. The molecule has 3 aromatic rings. The Labute approximate surface area is 122 Å². The molecule has 0 aliphatic heterocycles. The van der Waals surface area contributed by atoms with E-state index in [9.17, 15) is 4.79 Å². The van der Waals surface area contributed by atoms with Crippen molar-refractivity contribution in [3.05, 3.63) is 76.6 Å². The molecular formula is C17H14N2O2. The summed E-state index contributed by atoms with van der Waals surface area (Å²) in [6.45, 7) is 2.01. The molecule has 0 bridgehead atoms. The monoisotopic (exact) mass is 278 g/mol. The predicted octanol–water partition coefficient (Wildman–Crippen LogP) is 3.75. The summed E-state index contributed by atoms with van der Waals surface area (Å²) >= 11 is 0. The molecular weight excluding hydrogens is 264 g/mol. The summed E-state index contributed by atoms with van der Waals surface area (Å²) in [6, 6.07) is 18.8. The second-order valence-electron chi connectivity index (χ2n) is 4.72. The van der Waals surface area contributed by atoms with Crippen LogP contribution in [0.4, 0.5) is 11.7 Å². The lowest BCUT2D eigenvalue weighted by atomic mass is 10.1. The van der Waals surface area contributed by atoms with Gasteiger partial charge in [-0.3, -0.25) is 4.79 Å². The highest BCUT2D eigenvalue weighted by Gasteiger charge is 2.06. The van der Waals surface area contributed by atoms with Crippen molar-refractivity contribution in [3.63, 3.8) is 0 Å². The van der Waals surface area contributed by atoms with Crippen LogP contribution in [0.2, 0.25) is 0 Å². The highest BCUT2D eigenvalue weighted by atomic mass is 16.4. The smallest absolute Gasteiger partial charge is 0.303 e. The minimum Gasteiger partial charge on any atom is -0.425 e. The van der Waals surface area contributed by atoms with Crippen LogP contribution in [0.1, 0.15) is 5.56 Å². The molecule has 0 aliphatic rings. The Morgan fingerprint density at radius 1 is 1.00 bits per heavy atom. The number of rotatable bonds is 3. The van der Waals surface area contributed by atoms with E-state index in [0.717, 1.165) is 16.8 Å². The molecule has 1 aromatic heterocycles. The number of hydrogen-bond donors (Lipinski definition) is 1. The summed E-state index contributed by atoms with van der Waals surface area (Å²) in [7, 11) is 0. The van der Waals surface area contributed by atoms with E-state index >= 15 is 0 Å². The molecule has 0 radical (unpaired) electrons. The van der Waals surface area contributed by atoms with E-state index in [1.54, 1.807) is 0 Å². The van der Waals surface area contributed by atoms with Crippen LogP contribution in [-0.2, 0) is 0 Å². The van der Waals surface area contributed by atoms with Crippen LogP contribution in [0.5, 0.6) is 0 Å². The fraction of sp³-hybridized carbons (Fsp3) is 0.0588. The number of para-hydroxylation sites is 1. The number of anilines is 2. The highest BCUT2D eigenvalue weighted by Crippen LogP contribution is 2.22. The van der Waals surface area contributed by atoms with Crippen LogP contribution in [0, 0.1) is 6.92 Å². The van der Waals surface area contributed by atoms with Gasteiger partial charge in [0.25, 0.3) is 5.56 Å². The molecule has 104 valence electrons. The minimum atomic E-state index is -0.338. The van der Waals surface area contributed by atoms with Crippen molar-refractivity contribution < 1.29 is 4.42 Å². The van der Waals surface area contributed by atoms with Crippen LogP contribution < -0.4 is 10.9 Å². The normalized spacial score (nSPS) is 10.3. The lowest BCUT2D eigenvalue weighted by molar-refractivity contribution is 0.561. The van der Waals surface area contributed by atoms with Crippen molar-refractivity contribution >= 4 is 11.7 Å². The number of nitrogens with zero attached hydrogens (tertiary/aromatic N) is 1. The Morgan fingerprint density at radius 2 is 1.71 bits per heavy atom. The number of benzene rings is 2. The van der Waals surface area contributed by atoms with Crippen LogP contribution in [0.3, 0.4) is 0 Å². The molecule has 0 amide bonds. The van der Waals surface area contributed by atoms with E-state index in [1.165, 1.54) is 6.07 Å². The lowest BCUT2D eigenvalue weighted by Gasteiger charge is -2.06. The topological polar surface area (TPSA) is 55.1 Å². The molecule has 1 heterocycles. The molecule has 0 fully saturated rings. The van der Waals surface area contributed by atoms with Gasteiger partial charge >= 0.3 is 6.01 Å². The van der Waals surface area contributed by atoms with E-state index in [-0.39, 0.29) is 11.6 Å². The van der Waals surface area contributed by atoms with Gasteiger partial charge < -0.3 is 9.73 Å². The molecule has 0 aliphatic carbocycles. The number of aromatic nitrogens is 1. The second kappa shape index (κ2) is 5.63. The van der Waals surface area contributed by atoms with Crippen LogP contribution in [0.25, 0.3) is 11.3 Å². The van der Waals surface area contributed by atoms with E-state index in [0.29, 0.717) is 5.76 Å². The Bertz CT molecular complexity index is 793. The van der Waals surface area contributed by atoms with Gasteiger partial charge in [0.15, 0.2) is 0 Å². The zero-order valence-electron chi connectivity index (χ0n) is 11.5. The van der Waals surface area contributed by atoms with Gasteiger partial charge in [0.2, 0.25) is 0 Å². The van der Waals surface area contributed by atoms with Gasteiger partial charge in [-0.15, -0.1) is 0 Å². The third-order valence-corrected chi connectivity index (χ3v) is 3.03. The van der Waals surface area contributed by atoms with Crippen LogP contribution in [-0.4, -0.2) is 4.98 Å². The number of nitrogens with one attached hydrogen (secondary N) is 1. The maximum absolute atomic E-state index is 11.7. The minimum absolute atomic E-state index is 0.185. The molecule has 0 saturated carbocycles. The maximum atomic E-state index is 11.7. The van der Waals surface area contributed by atoms with Gasteiger partial charge in [-0.05, 0) is 19.1 Å². The molecule has 2 aromatic carbocycles. The zero-order valence-corrected chi connectivity index (χ0v) is 11.5. The molecule has 0 spiro atoms. The second-order valence-corrected chi connectivity index (χ2v) is 4.72. The Hall–Kier alpha value is -2.88. The van der Waals surface area contributed by atoms with E-state index in [2.05, 4.69) is 10.3 Å². The summed E-state index contributed by atoms with van der Waals surface area (Å²) in [5, 5.41) is 2.99. The van der Waals surface area contributed by atoms with E-state index in [1.807, 2.05) is 61.5 Å². The molecule has 0 saturated heterocycles. The summed E-state index contributed by atoms with van der Waals surface area (Å²) in [4.78, 5) is 15.6. The standard InChI is InChI=1S/C17H14N2O2/c1-12-7-9-13(10-8-12)15-11-16(20)19-17(21-15)18-14-5-3-2-4-6-14/h2-11H,1H3,(H,18,19,20). The average molecular weight is 278 g/mol. The molecule has 3 rings (SSSR count). The lowest BCUT2D eigenvalue weighted by Crippen LogP contribution is -2.07. The van der Waals surface area contributed by atoms with Crippen molar-refractivity contribution in [2.24, 2.45) is 0 Å². The van der Waals surface area contributed by atoms with Crippen molar-refractivity contribution in [2.45, 2.75) is 6.92 Å². The first-order valence-electron chi connectivity index (χ1n) is 6.62. The Morgan fingerprint density at radius 3 is 2.43 bits per heavy atom. The molecule has 0 atom stereocenters. The van der Waals surface area contributed by atoms with Crippen molar-refractivity contribution in [1.29, 1.82) is 0 Å². The van der Waals surface area contributed by atoms with Gasteiger partial charge in [-0.1, -0.05) is 48.0 Å². The largest absolute Gasteiger partial charge is 0.425 e. The van der Waals surface area contributed by atoms with Gasteiger partial charge in [0.05, 0.1) is 0 Å². The van der Waals surface area contributed by atoms with Gasteiger partial charge in [-0.2, -0.15) is 4.98 Å². The van der Waals surface area contributed by atoms with Crippen LogP contribution >= 0.6 is 0 Å². The Kier molecular flexibility index (Phi) is 3.51. The van der Waals surface area contributed by atoms with Gasteiger partial charge in [0, 0.05) is 17.3 Å². The number of aryl methyl sites for hydroxylation is 1. The first kappa shape index (κ1) is 13.1. The fourth-order valence-electron chi connectivity index (χ4n) is 1.96. The van der Waals surface area contributed by atoms with Crippen LogP contribution in [0.15, 0.2) is 69.9 Å². The fourth-order valence-corrected chi connectivity index (χ4v) is 1.96. The van der Waals surface area contributed by atoms with Crippen molar-refractivity contribution in [3.8, 4) is 11.3 Å². The SMILES string of the molecule is Cc1ccc(-c2cc(=O)nc(Nc3ccccc3)o2)cc1. The first-order chi connectivity index (χ1) is 10.2. The number of hydrogen-bond acceptors (Lipinski definition) is 4. The molecule has 21 heavy (non-hydrogen) atoms. The molecule has 0 unspecified atom stereocenters. The average Bonchev–Trinajstić information content (AvgIpc) is 2.48. The van der Waals surface area contributed by atoms with E-state index in [4.69, 9.17) is 4.42 Å². The molecule has 4 heteroatoms. The third kappa shape index (κ3) is 3.17. The zero-order chi connectivity index (χ0) is 14.7. The van der Waals surface area contributed by atoms with Gasteiger partial charge in [-0.25, -0.2) is 0 Å². The van der Waals surface area contributed by atoms with Gasteiger partial charge in [0.1, 0.15) is 5.76 Å². The maximum Gasteiger partial charge on any atom is 0.303 e. The summed E-state index contributed by atoms with van der Waals surface area (Å²) in [5.74, 6) is 0.494. The first-order valence-corrected chi connectivity index (χ1v) is 6.62. The molecule has 4 nitrogen and oxygen atoms in total. The third-order valence-electron chi connectivity index (χ3n) is 3.03. The van der Waals surface area contributed by atoms with E-state index < -0.39 is 0 Å². The summed E-state index contributed by atoms with van der Waals surface area (Å²) in [5.41, 5.74) is 2.47. The summed E-state index contributed by atoms with van der Waals surface area (Å²) < 4.78 is 5.67. The van der Waals surface area contributed by atoms with Crippen molar-refractivity contribution in [1.82, 2.24) is 4.98 Å². The molecule has 1 N–H and O–H groups in total. The summed E-state index contributed by atoms with van der Waals surface area (Å²) in [6.07, 6.45) is 0. The quantitative estimate of drug-likeness (QED) is 0.792.